The van der Waals surface area contributed by atoms with Crippen molar-refractivity contribution in [2.24, 2.45) is 0 Å². The van der Waals surface area contributed by atoms with Gasteiger partial charge in [-0.25, -0.2) is 9.67 Å². The zero-order valence-electron chi connectivity index (χ0n) is 15.4. The van der Waals surface area contributed by atoms with Crippen LogP contribution < -0.4 is 10.9 Å². The molecular formula is C19H20N6O2. The van der Waals surface area contributed by atoms with Crippen molar-refractivity contribution in [3.8, 4) is 5.69 Å². The number of nitrogens with zero attached hydrogens (tertiary/aromatic N) is 4. The average molecular weight is 364 g/mol. The molecule has 4 rings (SSSR count). The first-order chi connectivity index (χ1) is 12.9. The molecule has 0 aliphatic carbocycles. The molecule has 0 fully saturated rings. The smallest absolute Gasteiger partial charge is 0.263 e. The van der Waals surface area contributed by atoms with Crippen LogP contribution in [0.4, 0.5) is 5.95 Å². The minimum absolute atomic E-state index is 0.112. The fourth-order valence-electron chi connectivity index (χ4n) is 2.66. The van der Waals surface area contributed by atoms with Crippen molar-refractivity contribution in [1.82, 2.24) is 24.7 Å². The normalized spacial score (nSPS) is 11.8. The molecule has 0 saturated carbocycles. The van der Waals surface area contributed by atoms with Crippen molar-refractivity contribution >= 4 is 17.0 Å². The molecule has 0 atom stereocenters. The Balaban J connectivity index is 1.63. The first-order valence-electron chi connectivity index (χ1n) is 8.64. The standard InChI is InChI=1S/C19H20N6O2/c1-19(2,3)14-10-20-15(27-14)11-21-18-23-16-13(17(26)24-18)9-22-25(16)12-7-5-4-6-8-12/h4-10H,11H2,1-3H3,(H2,21,23,24,26). The van der Waals surface area contributed by atoms with E-state index in [0.717, 1.165) is 11.4 Å². The third-order valence-electron chi connectivity index (χ3n) is 4.14. The summed E-state index contributed by atoms with van der Waals surface area (Å²) >= 11 is 0. The van der Waals surface area contributed by atoms with Gasteiger partial charge in [-0.05, 0) is 12.1 Å². The molecule has 0 radical (unpaired) electrons. The molecule has 0 saturated heterocycles. The van der Waals surface area contributed by atoms with Crippen molar-refractivity contribution in [3.63, 3.8) is 0 Å². The summed E-state index contributed by atoms with van der Waals surface area (Å²) in [5.74, 6) is 1.67. The minimum Gasteiger partial charge on any atom is -0.443 e. The number of fused-ring (bicyclic) bond motifs is 1. The second-order valence-electron chi connectivity index (χ2n) is 7.27. The summed E-state index contributed by atoms with van der Waals surface area (Å²) in [6, 6.07) is 9.55. The van der Waals surface area contributed by atoms with Gasteiger partial charge in [0.25, 0.3) is 5.56 Å². The Morgan fingerprint density at radius 3 is 2.67 bits per heavy atom. The molecular weight excluding hydrogens is 344 g/mol. The topological polar surface area (TPSA) is 102 Å². The predicted molar refractivity (Wildman–Crippen MR) is 102 cm³/mol. The first-order valence-corrected chi connectivity index (χ1v) is 8.64. The summed E-state index contributed by atoms with van der Waals surface area (Å²) < 4.78 is 7.39. The molecule has 1 aromatic carbocycles. The molecule has 8 nitrogen and oxygen atoms in total. The minimum atomic E-state index is -0.257. The fraction of sp³-hybridized carbons (Fsp3) is 0.263. The number of rotatable bonds is 4. The summed E-state index contributed by atoms with van der Waals surface area (Å²) in [5.41, 5.74) is 0.945. The second-order valence-corrected chi connectivity index (χ2v) is 7.27. The average Bonchev–Trinajstić information content (AvgIpc) is 3.28. The number of hydrogen-bond donors (Lipinski definition) is 2. The molecule has 0 aliphatic heterocycles. The summed E-state index contributed by atoms with van der Waals surface area (Å²) in [4.78, 5) is 23.9. The molecule has 0 bridgehead atoms. The zero-order chi connectivity index (χ0) is 19.0. The lowest BCUT2D eigenvalue weighted by molar-refractivity contribution is 0.385. The number of hydrogen-bond acceptors (Lipinski definition) is 6. The van der Waals surface area contributed by atoms with E-state index in [0.29, 0.717) is 29.4 Å². The van der Waals surface area contributed by atoms with Crippen LogP contribution in [-0.4, -0.2) is 24.7 Å². The zero-order valence-corrected chi connectivity index (χ0v) is 15.4. The van der Waals surface area contributed by atoms with Crippen LogP contribution in [0.2, 0.25) is 0 Å². The van der Waals surface area contributed by atoms with Gasteiger partial charge in [-0.15, -0.1) is 0 Å². The van der Waals surface area contributed by atoms with Gasteiger partial charge < -0.3 is 9.73 Å². The van der Waals surface area contributed by atoms with Crippen LogP contribution in [0.5, 0.6) is 0 Å². The van der Waals surface area contributed by atoms with Gasteiger partial charge in [-0.3, -0.25) is 9.78 Å². The maximum absolute atomic E-state index is 12.4. The van der Waals surface area contributed by atoms with Crippen molar-refractivity contribution < 1.29 is 4.42 Å². The lowest BCUT2D eigenvalue weighted by Gasteiger charge is -2.13. The Kier molecular flexibility index (Phi) is 4.02. The van der Waals surface area contributed by atoms with Gasteiger partial charge in [-0.2, -0.15) is 10.1 Å². The number of H-pyrrole nitrogens is 1. The maximum Gasteiger partial charge on any atom is 0.263 e. The number of benzene rings is 1. The fourth-order valence-corrected chi connectivity index (χ4v) is 2.66. The summed E-state index contributed by atoms with van der Waals surface area (Å²) in [5, 5.41) is 7.78. The van der Waals surface area contributed by atoms with Gasteiger partial charge in [-0.1, -0.05) is 39.0 Å². The lowest BCUT2D eigenvalue weighted by Crippen LogP contribution is -2.14. The van der Waals surface area contributed by atoms with E-state index in [1.165, 1.54) is 6.20 Å². The monoisotopic (exact) mass is 364 g/mol. The highest BCUT2D eigenvalue weighted by atomic mass is 16.4. The first kappa shape index (κ1) is 17.0. The van der Waals surface area contributed by atoms with Crippen LogP contribution in [0.25, 0.3) is 16.7 Å². The Bertz CT molecular complexity index is 1130. The summed E-state index contributed by atoms with van der Waals surface area (Å²) in [7, 11) is 0. The van der Waals surface area contributed by atoms with E-state index in [1.54, 1.807) is 10.9 Å². The number of aromatic nitrogens is 5. The van der Waals surface area contributed by atoms with Crippen LogP contribution in [0.3, 0.4) is 0 Å². The van der Waals surface area contributed by atoms with Gasteiger partial charge in [0, 0.05) is 5.41 Å². The second kappa shape index (κ2) is 6.39. The number of oxazole rings is 1. The Morgan fingerprint density at radius 1 is 1.19 bits per heavy atom. The molecule has 3 heterocycles. The van der Waals surface area contributed by atoms with E-state index in [1.807, 2.05) is 30.3 Å². The van der Waals surface area contributed by atoms with Crippen molar-refractivity contribution in [1.29, 1.82) is 0 Å². The van der Waals surface area contributed by atoms with E-state index in [-0.39, 0.29) is 11.0 Å². The van der Waals surface area contributed by atoms with E-state index < -0.39 is 0 Å². The maximum atomic E-state index is 12.4. The Labute approximate surface area is 155 Å². The lowest BCUT2D eigenvalue weighted by atomic mass is 9.94. The van der Waals surface area contributed by atoms with Crippen LogP contribution in [0.1, 0.15) is 32.4 Å². The molecule has 0 unspecified atom stereocenters. The summed E-state index contributed by atoms with van der Waals surface area (Å²) in [6.07, 6.45) is 3.24. The van der Waals surface area contributed by atoms with Gasteiger partial charge in [0.15, 0.2) is 5.65 Å². The molecule has 27 heavy (non-hydrogen) atoms. The quantitative estimate of drug-likeness (QED) is 0.577. The molecule has 2 N–H and O–H groups in total. The molecule has 3 aromatic heterocycles. The van der Waals surface area contributed by atoms with E-state index in [9.17, 15) is 4.79 Å². The number of para-hydroxylation sites is 1. The molecule has 0 spiro atoms. The van der Waals surface area contributed by atoms with E-state index in [2.05, 4.69) is 46.1 Å². The van der Waals surface area contributed by atoms with Crippen LogP contribution >= 0.6 is 0 Å². The van der Waals surface area contributed by atoms with Gasteiger partial charge in [0.05, 0.1) is 24.6 Å². The van der Waals surface area contributed by atoms with Gasteiger partial charge in [0.1, 0.15) is 11.1 Å². The molecule has 0 amide bonds. The highest BCUT2D eigenvalue weighted by Crippen LogP contribution is 2.23. The Hall–Kier alpha value is -3.42. The van der Waals surface area contributed by atoms with Crippen molar-refractivity contribution in [2.45, 2.75) is 32.7 Å². The van der Waals surface area contributed by atoms with Crippen molar-refractivity contribution in [3.05, 3.63) is 64.7 Å². The van der Waals surface area contributed by atoms with Crippen LogP contribution in [0.15, 0.2) is 51.9 Å². The third-order valence-corrected chi connectivity index (χ3v) is 4.14. The number of aromatic amines is 1. The number of nitrogens with one attached hydrogen (secondary N) is 2. The molecule has 138 valence electrons. The third kappa shape index (κ3) is 3.33. The molecule has 0 aliphatic rings. The molecule has 4 aromatic rings. The Morgan fingerprint density at radius 2 is 1.96 bits per heavy atom. The van der Waals surface area contributed by atoms with Crippen LogP contribution in [-0.2, 0) is 12.0 Å². The largest absolute Gasteiger partial charge is 0.443 e. The predicted octanol–water partition coefficient (Wildman–Crippen LogP) is 3.01. The number of anilines is 1. The van der Waals surface area contributed by atoms with Crippen molar-refractivity contribution in [2.75, 3.05) is 5.32 Å². The highest BCUT2D eigenvalue weighted by molar-refractivity contribution is 5.76. The SMILES string of the molecule is CC(C)(C)c1cnc(CNc2nc3c(cnn3-c3ccccc3)c(=O)[nH]2)o1. The molecule has 8 heteroatoms. The van der Waals surface area contributed by atoms with E-state index >= 15 is 0 Å². The van der Waals surface area contributed by atoms with Gasteiger partial charge in [0.2, 0.25) is 11.8 Å². The summed E-state index contributed by atoms with van der Waals surface area (Å²) in [6.45, 7) is 6.48. The van der Waals surface area contributed by atoms with Crippen LogP contribution in [0, 0.1) is 0 Å². The van der Waals surface area contributed by atoms with Gasteiger partial charge >= 0.3 is 0 Å². The highest BCUT2D eigenvalue weighted by Gasteiger charge is 2.19. The van der Waals surface area contributed by atoms with E-state index in [4.69, 9.17) is 4.42 Å².